The Kier molecular flexibility index (Phi) is 5.90. The van der Waals surface area contributed by atoms with E-state index in [0.29, 0.717) is 24.6 Å². The van der Waals surface area contributed by atoms with Gasteiger partial charge < -0.3 is 19.7 Å². The average Bonchev–Trinajstić information content (AvgIpc) is 2.99. The summed E-state index contributed by atoms with van der Waals surface area (Å²) in [7, 11) is 1.55. The fraction of sp³-hybridized carbons (Fsp3) is 0.300. The van der Waals surface area contributed by atoms with Crippen LogP contribution in [0.1, 0.15) is 12.0 Å². The van der Waals surface area contributed by atoms with Crippen LogP contribution >= 0.6 is 0 Å². The van der Waals surface area contributed by atoms with Crippen molar-refractivity contribution in [1.82, 2.24) is 10.2 Å². The first-order valence-electron chi connectivity index (χ1n) is 8.62. The number of amides is 2. The third-order valence-corrected chi connectivity index (χ3v) is 4.25. The van der Waals surface area contributed by atoms with Gasteiger partial charge in [0.15, 0.2) is 6.61 Å². The fourth-order valence-corrected chi connectivity index (χ4v) is 2.99. The van der Waals surface area contributed by atoms with E-state index in [1.165, 1.54) is 12.1 Å². The molecule has 2 amide bonds. The number of rotatable bonds is 7. The van der Waals surface area contributed by atoms with Crippen LogP contribution in [-0.4, -0.2) is 43.0 Å². The van der Waals surface area contributed by atoms with Crippen molar-refractivity contribution in [2.45, 2.75) is 19.0 Å². The van der Waals surface area contributed by atoms with Crippen molar-refractivity contribution in [1.29, 1.82) is 0 Å². The van der Waals surface area contributed by atoms with E-state index in [2.05, 4.69) is 5.32 Å². The molecule has 0 aromatic heterocycles. The van der Waals surface area contributed by atoms with Crippen molar-refractivity contribution in [3.05, 3.63) is 59.9 Å². The lowest BCUT2D eigenvalue weighted by molar-refractivity contribution is -0.128. The summed E-state index contributed by atoms with van der Waals surface area (Å²) in [6, 6.07) is 12.8. The summed E-state index contributed by atoms with van der Waals surface area (Å²) < 4.78 is 23.8. The number of carbonyl (C=O) groups excluding carboxylic acids is 2. The van der Waals surface area contributed by atoms with Gasteiger partial charge in [0.05, 0.1) is 13.2 Å². The number of hydrogen-bond donors (Lipinski definition) is 1. The Hall–Kier alpha value is -3.09. The summed E-state index contributed by atoms with van der Waals surface area (Å²) in [6.07, 6.45) is 0.222. The summed E-state index contributed by atoms with van der Waals surface area (Å²) >= 11 is 0. The molecule has 142 valence electrons. The molecule has 1 saturated heterocycles. The largest absolute Gasteiger partial charge is 0.497 e. The molecular formula is C20H21FN2O4. The predicted octanol–water partition coefficient (Wildman–Crippen LogP) is 2.13. The number of likely N-dealkylation sites (tertiary alicyclic amines) is 1. The van der Waals surface area contributed by atoms with E-state index >= 15 is 0 Å². The van der Waals surface area contributed by atoms with Gasteiger partial charge in [-0.05, 0) is 29.8 Å². The molecule has 1 aliphatic rings. The molecule has 1 aliphatic heterocycles. The maximum absolute atomic E-state index is 13.3. The first-order chi connectivity index (χ1) is 13.0. The van der Waals surface area contributed by atoms with Crippen molar-refractivity contribution in [3.8, 4) is 11.5 Å². The van der Waals surface area contributed by atoms with Gasteiger partial charge in [-0.1, -0.05) is 18.2 Å². The Morgan fingerprint density at radius 2 is 2.00 bits per heavy atom. The number of nitrogens with one attached hydrogen (secondary N) is 1. The fourth-order valence-electron chi connectivity index (χ4n) is 2.99. The molecular weight excluding hydrogens is 351 g/mol. The maximum Gasteiger partial charge on any atom is 0.258 e. The van der Waals surface area contributed by atoms with Gasteiger partial charge in [-0.2, -0.15) is 0 Å². The highest BCUT2D eigenvalue weighted by molar-refractivity contribution is 5.82. The van der Waals surface area contributed by atoms with Crippen LogP contribution in [0.3, 0.4) is 0 Å². The molecule has 0 bridgehead atoms. The average molecular weight is 372 g/mol. The quantitative estimate of drug-likeness (QED) is 0.809. The number of benzene rings is 2. The van der Waals surface area contributed by atoms with Crippen molar-refractivity contribution >= 4 is 11.8 Å². The van der Waals surface area contributed by atoms with Crippen LogP contribution in [0.5, 0.6) is 11.5 Å². The first kappa shape index (κ1) is 18.7. The van der Waals surface area contributed by atoms with E-state index in [0.717, 1.165) is 5.56 Å². The second-order valence-electron chi connectivity index (χ2n) is 6.34. The summed E-state index contributed by atoms with van der Waals surface area (Å²) in [6.45, 7) is 0.561. The Morgan fingerprint density at radius 1 is 1.22 bits per heavy atom. The second-order valence-corrected chi connectivity index (χ2v) is 6.34. The molecule has 7 heteroatoms. The lowest BCUT2D eigenvalue weighted by Gasteiger charge is -2.17. The SMILES string of the molecule is COc1cccc(OCC(=O)N[C@H]2CC(=O)N(Cc3cccc(F)c3)C2)c1. The number of carbonyl (C=O) groups is 2. The van der Waals surface area contributed by atoms with Crippen LogP contribution < -0.4 is 14.8 Å². The highest BCUT2D eigenvalue weighted by Crippen LogP contribution is 2.19. The van der Waals surface area contributed by atoms with Gasteiger partial charge >= 0.3 is 0 Å². The van der Waals surface area contributed by atoms with Gasteiger partial charge in [0.25, 0.3) is 5.91 Å². The molecule has 6 nitrogen and oxygen atoms in total. The van der Waals surface area contributed by atoms with Gasteiger partial charge in [0.2, 0.25) is 5.91 Å². The van der Waals surface area contributed by atoms with Crippen molar-refractivity contribution in [2.24, 2.45) is 0 Å². The van der Waals surface area contributed by atoms with Crippen LogP contribution in [0.4, 0.5) is 4.39 Å². The van der Waals surface area contributed by atoms with Crippen molar-refractivity contribution in [3.63, 3.8) is 0 Å². The molecule has 0 saturated carbocycles. The van der Waals surface area contributed by atoms with Crippen LogP contribution in [-0.2, 0) is 16.1 Å². The van der Waals surface area contributed by atoms with Gasteiger partial charge in [-0.25, -0.2) is 4.39 Å². The zero-order chi connectivity index (χ0) is 19.2. The molecule has 2 aromatic rings. The Bertz CT molecular complexity index is 827. The highest BCUT2D eigenvalue weighted by atomic mass is 19.1. The molecule has 27 heavy (non-hydrogen) atoms. The van der Waals surface area contributed by atoms with Gasteiger partial charge in [-0.15, -0.1) is 0 Å². The minimum absolute atomic E-state index is 0.0710. The monoisotopic (exact) mass is 372 g/mol. The van der Waals surface area contributed by atoms with E-state index in [-0.39, 0.29) is 36.7 Å². The topological polar surface area (TPSA) is 67.9 Å². The Morgan fingerprint density at radius 3 is 2.78 bits per heavy atom. The predicted molar refractivity (Wildman–Crippen MR) is 96.9 cm³/mol. The lowest BCUT2D eigenvalue weighted by atomic mass is 10.2. The lowest BCUT2D eigenvalue weighted by Crippen LogP contribution is -2.39. The Labute approximate surface area is 156 Å². The van der Waals surface area contributed by atoms with Crippen LogP contribution in [0.15, 0.2) is 48.5 Å². The van der Waals surface area contributed by atoms with Gasteiger partial charge in [0, 0.05) is 25.6 Å². The minimum atomic E-state index is -0.335. The molecule has 0 spiro atoms. The molecule has 1 fully saturated rings. The molecule has 3 rings (SSSR count). The van der Waals surface area contributed by atoms with Gasteiger partial charge in [0.1, 0.15) is 17.3 Å². The Balaban J connectivity index is 1.48. The zero-order valence-corrected chi connectivity index (χ0v) is 15.0. The van der Waals surface area contributed by atoms with Crippen LogP contribution in [0.25, 0.3) is 0 Å². The van der Waals surface area contributed by atoms with Crippen LogP contribution in [0.2, 0.25) is 0 Å². The molecule has 1 N–H and O–H groups in total. The molecule has 1 heterocycles. The number of ether oxygens (including phenoxy) is 2. The first-order valence-corrected chi connectivity index (χ1v) is 8.62. The molecule has 2 aromatic carbocycles. The van der Waals surface area contributed by atoms with Crippen LogP contribution in [0, 0.1) is 5.82 Å². The van der Waals surface area contributed by atoms with E-state index in [1.54, 1.807) is 48.4 Å². The van der Waals surface area contributed by atoms with E-state index in [9.17, 15) is 14.0 Å². The number of hydrogen-bond acceptors (Lipinski definition) is 4. The van der Waals surface area contributed by atoms with Gasteiger partial charge in [-0.3, -0.25) is 9.59 Å². The summed E-state index contributed by atoms with van der Waals surface area (Å²) in [5.74, 6) is 0.460. The highest BCUT2D eigenvalue weighted by Gasteiger charge is 2.30. The minimum Gasteiger partial charge on any atom is -0.497 e. The molecule has 1 atom stereocenters. The molecule has 0 unspecified atom stereocenters. The zero-order valence-electron chi connectivity index (χ0n) is 15.0. The number of methoxy groups -OCH3 is 1. The maximum atomic E-state index is 13.3. The summed E-state index contributed by atoms with van der Waals surface area (Å²) in [5, 5.41) is 2.80. The van der Waals surface area contributed by atoms with Crippen molar-refractivity contribution in [2.75, 3.05) is 20.3 Å². The molecule has 0 radical (unpaired) electrons. The van der Waals surface area contributed by atoms with Crippen molar-refractivity contribution < 1.29 is 23.5 Å². The standard InChI is InChI=1S/C20H21FN2O4/c1-26-17-6-3-7-18(10-17)27-13-19(24)22-16-9-20(25)23(12-16)11-14-4-2-5-15(21)8-14/h2-8,10,16H,9,11-13H2,1H3,(H,22,24)/t16-/m0/s1. The third kappa shape index (κ3) is 5.20. The number of nitrogens with zero attached hydrogens (tertiary/aromatic N) is 1. The van der Waals surface area contributed by atoms with E-state index in [4.69, 9.17) is 9.47 Å². The summed E-state index contributed by atoms with van der Waals surface area (Å²) in [5.41, 5.74) is 0.719. The normalized spacial score (nSPS) is 16.3. The van der Waals surface area contributed by atoms with E-state index < -0.39 is 0 Å². The molecule has 0 aliphatic carbocycles. The second kappa shape index (κ2) is 8.53. The van der Waals surface area contributed by atoms with E-state index in [1.807, 2.05) is 0 Å². The summed E-state index contributed by atoms with van der Waals surface area (Å²) in [4.78, 5) is 25.9. The smallest absolute Gasteiger partial charge is 0.258 e. The number of halogens is 1. The third-order valence-electron chi connectivity index (χ3n) is 4.25.